The fourth-order valence-electron chi connectivity index (χ4n) is 4.87. The van der Waals surface area contributed by atoms with Crippen LogP contribution >= 0.6 is 0 Å². The molecule has 152 valence electrons. The van der Waals surface area contributed by atoms with Crippen molar-refractivity contribution in [2.75, 3.05) is 19.6 Å². The van der Waals surface area contributed by atoms with Crippen LogP contribution in [0.4, 0.5) is 4.39 Å². The molecule has 5 heteroatoms. The van der Waals surface area contributed by atoms with Crippen molar-refractivity contribution in [3.8, 4) is 0 Å². The number of rotatable bonds is 3. The van der Waals surface area contributed by atoms with Crippen LogP contribution in [0.1, 0.15) is 54.2 Å². The number of hydrogen-bond acceptors (Lipinski definition) is 2. The number of amides is 2. The summed E-state index contributed by atoms with van der Waals surface area (Å²) in [6, 6.07) is 14.1. The molecule has 2 saturated heterocycles. The van der Waals surface area contributed by atoms with Gasteiger partial charge < -0.3 is 9.80 Å². The van der Waals surface area contributed by atoms with Crippen molar-refractivity contribution in [2.45, 2.75) is 32.7 Å². The first-order valence-electron chi connectivity index (χ1n) is 10.3. The monoisotopic (exact) mass is 394 g/mol. The molecule has 2 fully saturated rings. The summed E-state index contributed by atoms with van der Waals surface area (Å²) in [5, 5.41) is 0. The Kier molecular flexibility index (Phi) is 5.15. The van der Waals surface area contributed by atoms with Gasteiger partial charge in [-0.15, -0.1) is 0 Å². The van der Waals surface area contributed by atoms with Gasteiger partial charge in [-0.25, -0.2) is 4.39 Å². The maximum atomic E-state index is 13.9. The third-order valence-electron chi connectivity index (χ3n) is 6.35. The normalized spacial score (nSPS) is 23.6. The van der Waals surface area contributed by atoms with Crippen LogP contribution in [0.15, 0.2) is 48.5 Å². The van der Waals surface area contributed by atoms with E-state index in [0.29, 0.717) is 31.1 Å². The zero-order valence-electron chi connectivity index (χ0n) is 17.1. The zero-order chi connectivity index (χ0) is 20.7. The minimum absolute atomic E-state index is 0.00354. The van der Waals surface area contributed by atoms with Gasteiger partial charge in [0.1, 0.15) is 5.82 Å². The van der Waals surface area contributed by atoms with Crippen LogP contribution in [0.2, 0.25) is 0 Å². The van der Waals surface area contributed by atoms with E-state index < -0.39 is 0 Å². The highest BCUT2D eigenvalue weighted by Crippen LogP contribution is 2.45. The Morgan fingerprint density at radius 2 is 1.79 bits per heavy atom. The van der Waals surface area contributed by atoms with E-state index in [2.05, 4.69) is 13.8 Å². The van der Waals surface area contributed by atoms with E-state index in [1.54, 1.807) is 13.0 Å². The lowest BCUT2D eigenvalue weighted by molar-refractivity contribution is -0.130. The second kappa shape index (κ2) is 7.62. The number of hydrogen-bond donors (Lipinski definition) is 0. The van der Waals surface area contributed by atoms with Gasteiger partial charge in [-0.1, -0.05) is 38.1 Å². The van der Waals surface area contributed by atoms with E-state index in [1.807, 2.05) is 40.1 Å². The van der Waals surface area contributed by atoms with Gasteiger partial charge in [0.15, 0.2) is 0 Å². The van der Waals surface area contributed by atoms with Gasteiger partial charge in [0.25, 0.3) is 5.91 Å². The lowest BCUT2D eigenvalue weighted by Crippen LogP contribution is -2.36. The number of halogens is 1. The Morgan fingerprint density at radius 3 is 2.48 bits per heavy atom. The van der Waals surface area contributed by atoms with Gasteiger partial charge in [-0.3, -0.25) is 9.59 Å². The maximum Gasteiger partial charge on any atom is 0.253 e. The average Bonchev–Trinajstić information content (AvgIpc) is 3.25. The number of likely N-dealkylation sites (tertiary alicyclic amines) is 2. The Morgan fingerprint density at radius 1 is 1.03 bits per heavy atom. The lowest BCUT2D eigenvalue weighted by Gasteiger charge is -2.29. The summed E-state index contributed by atoms with van der Waals surface area (Å²) in [5.74, 6) is 0.431. The van der Waals surface area contributed by atoms with Crippen LogP contribution in [0.25, 0.3) is 0 Å². The summed E-state index contributed by atoms with van der Waals surface area (Å²) in [4.78, 5) is 29.1. The first-order chi connectivity index (χ1) is 13.8. The molecule has 0 unspecified atom stereocenters. The molecular formula is C24H27FN2O2. The summed E-state index contributed by atoms with van der Waals surface area (Å²) < 4.78 is 13.9. The fraction of sp³-hybridized carbons (Fsp3) is 0.417. The van der Waals surface area contributed by atoms with Gasteiger partial charge in [0.05, 0.1) is 6.04 Å². The highest BCUT2D eigenvalue weighted by atomic mass is 19.1. The molecule has 29 heavy (non-hydrogen) atoms. The van der Waals surface area contributed by atoms with E-state index in [9.17, 15) is 14.0 Å². The Bertz CT molecular complexity index is 942. The van der Waals surface area contributed by atoms with E-state index in [4.69, 9.17) is 0 Å². The molecule has 0 spiro atoms. The molecule has 0 saturated carbocycles. The number of nitrogens with zero attached hydrogens (tertiary/aromatic N) is 2. The van der Waals surface area contributed by atoms with Gasteiger partial charge >= 0.3 is 0 Å². The molecule has 2 amide bonds. The fourth-order valence-corrected chi connectivity index (χ4v) is 4.87. The lowest BCUT2D eigenvalue weighted by atomic mass is 9.89. The highest BCUT2D eigenvalue weighted by Gasteiger charge is 2.49. The summed E-state index contributed by atoms with van der Waals surface area (Å²) in [6.07, 6.45) is 0. The molecule has 0 aromatic heterocycles. The quantitative estimate of drug-likeness (QED) is 0.781. The minimum atomic E-state index is -0.300. The van der Waals surface area contributed by atoms with E-state index in [-0.39, 0.29) is 35.5 Å². The Hall–Kier alpha value is -2.69. The van der Waals surface area contributed by atoms with Crippen molar-refractivity contribution in [3.63, 3.8) is 0 Å². The van der Waals surface area contributed by atoms with Crippen molar-refractivity contribution in [1.82, 2.24) is 9.80 Å². The minimum Gasteiger partial charge on any atom is -0.338 e. The number of carbonyl (C=O) groups excluding carboxylic acids is 2. The molecule has 2 aromatic carbocycles. The Labute approximate surface area is 171 Å². The molecule has 2 aliphatic rings. The average molecular weight is 394 g/mol. The molecule has 3 atom stereocenters. The largest absolute Gasteiger partial charge is 0.338 e. The van der Waals surface area contributed by atoms with Crippen LogP contribution < -0.4 is 0 Å². The Balaban J connectivity index is 1.58. The van der Waals surface area contributed by atoms with Crippen LogP contribution in [0.5, 0.6) is 0 Å². The second-order valence-corrected chi connectivity index (χ2v) is 8.59. The van der Waals surface area contributed by atoms with Crippen molar-refractivity contribution < 1.29 is 14.0 Å². The van der Waals surface area contributed by atoms with Gasteiger partial charge in [0.2, 0.25) is 5.91 Å². The van der Waals surface area contributed by atoms with Crippen LogP contribution in [-0.4, -0.2) is 41.2 Å². The summed E-state index contributed by atoms with van der Waals surface area (Å²) in [7, 11) is 0. The van der Waals surface area contributed by atoms with Gasteiger partial charge in [-0.2, -0.15) is 0 Å². The third kappa shape index (κ3) is 3.66. The molecule has 0 aliphatic carbocycles. The predicted octanol–water partition coefficient (Wildman–Crippen LogP) is 4.24. The maximum absolute atomic E-state index is 13.9. The van der Waals surface area contributed by atoms with Crippen LogP contribution in [-0.2, 0) is 4.79 Å². The smallest absolute Gasteiger partial charge is 0.253 e. The van der Waals surface area contributed by atoms with Gasteiger partial charge in [0, 0.05) is 44.0 Å². The topological polar surface area (TPSA) is 40.6 Å². The molecule has 0 bridgehead atoms. The predicted molar refractivity (Wildman–Crippen MR) is 110 cm³/mol. The highest BCUT2D eigenvalue weighted by molar-refractivity contribution is 5.94. The molecule has 2 heterocycles. The summed E-state index contributed by atoms with van der Waals surface area (Å²) in [6.45, 7) is 7.61. The first kappa shape index (κ1) is 19.6. The molecule has 4 nitrogen and oxygen atoms in total. The van der Waals surface area contributed by atoms with Crippen LogP contribution in [0.3, 0.4) is 0 Å². The van der Waals surface area contributed by atoms with E-state index in [1.165, 1.54) is 12.1 Å². The zero-order valence-corrected chi connectivity index (χ0v) is 17.1. The molecular weight excluding hydrogens is 367 g/mol. The SMILES string of the molecule is CC(=O)N1C[C@H]2CN(C(=O)c3cccc(C(C)C)c3)C[C@H]2[C@H]1c1cccc(F)c1. The van der Waals surface area contributed by atoms with E-state index >= 15 is 0 Å². The van der Waals surface area contributed by atoms with Gasteiger partial charge in [-0.05, 0) is 41.3 Å². The molecule has 0 N–H and O–H groups in total. The molecule has 4 rings (SSSR count). The third-order valence-corrected chi connectivity index (χ3v) is 6.35. The molecule has 2 aliphatic heterocycles. The van der Waals surface area contributed by atoms with Crippen molar-refractivity contribution >= 4 is 11.8 Å². The summed E-state index contributed by atoms with van der Waals surface area (Å²) >= 11 is 0. The number of carbonyl (C=O) groups is 2. The standard InChI is InChI=1S/C24H27FN2O2/c1-15(2)17-6-4-8-19(10-17)24(29)26-12-20-13-27(16(3)28)23(22(20)14-26)18-7-5-9-21(25)11-18/h4-11,15,20,22-23H,12-14H2,1-3H3/t20-,22-,23-/m1/s1. The molecule has 2 aromatic rings. The molecule has 0 radical (unpaired) electrons. The van der Waals surface area contributed by atoms with Crippen molar-refractivity contribution in [1.29, 1.82) is 0 Å². The van der Waals surface area contributed by atoms with Crippen molar-refractivity contribution in [3.05, 3.63) is 71.0 Å². The van der Waals surface area contributed by atoms with Crippen LogP contribution in [0, 0.1) is 17.7 Å². The first-order valence-corrected chi connectivity index (χ1v) is 10.3. The number of fused-ring (bicyclic) bond motifs is 1. The summed E-state index contributed by atoms with van der Waals surface area (Å²) in [5.41, 5.74) is 2.67. The number of benzene rings is 2. The second-order valence-electron chi connectivity index (χ2n) is 8.59. The van der Waals surface area contributed by atoms with E-state index in [0.717, 1.165) is 11.1 Å². The van der Waals surface area contributed by atoms with Crippen molar-refractivity contribution in [2.24, 2.45) is 11.8 Å².